The summed E-state index contributed by atoms with van der Waals surface area (Å²) in [6, 6.07) is 1.63. The molecule has 1 aromatic heterocycles. The summed E-state index contributed by atoms with van der Waals surface area (Å²) >= 11 is 0. The van der Waals surface area contributed by atoms with Crippen molar-refractivity contribution in [2.45, 2.75) is 6.54 Å². The molecule has 4 nitrogen and oxygen atoms in total. The summed E-state index contributed by atoms with van der Waals surface area (Å²) in [6.07, 6.45) is 3.66. The van der Waals surface area contributed by atoms with Crippen molar-refractivity contribution < 1.29 is 9.90 Å². The minimum Gasteiger partial charge on any atom is -0.477 e. The van der Waals surface area contributed by atoms with E-state index in [1.807, 2.05) is 12.3 Å². The number of fused-ring (bicyclic) bond motifs is 1. The highest BCUT2D eigenvalue weighted by atomic mass is 16.4. The van der Waals surface area contributed by atoms with Gasteiger partial charge < -0.3 is 15.4 Å². The maximum absolute atomic E-state index is 10.5. The Morgan fingerprint density at radius 3 is 3.08 bits per heavy atom. The minimum atomic E-state index is -0.919. The third-order valence-corrected chi connectivity index (χ3v) is 1.82. The van der Waals surface area contributed by atoms with Gasteiger partial charge in [-0.25, -0.2) is 4.79 Å². The molecule has 4 heteroatoms. The van der Waals surface area contributed by atoms with E-state index in [0.717, 1.165) is 11.3 Å². The molecule has 2 rings (SSSR count). The van der Waals surface area contributed by atoms with Crippen LogP contribution in [0.1, 0.15) is 21.7 Å². The van der Waals surface area contributed by atoms with Crippen LogP contribution in [0.2, 0.25) is 0 Å². The Hall–Kier alpha value is -1.71. The van der Waals surface area contributed by atoms with E-state index in [0.29, 0.717) is 6.54 Å². The van der Waals surface area contributed by atoms with Crippen LogP contribution in [0, 0.1) is 0 Å². The van der Waals surface area contributed by atoms with E-state index in [4.69, 9.17) is 5.11 Å². The Kier molecular flexibility index (Phi) is 1.40. The fourth-order valence-corrected chi connectivity index (χ4v) is 1.23. The molecule has 0 saturated heterocycles. The largest absolute Gasteiger partial charge is 0.477 e. The normalized spacial score (nSPS) is 13.7. The number of aromatic nitrogens is 1. The van der Waals surface area contributed by atoms with Gasteiger partial charge in [0.25, 0.3) is 0 Å². The molecule has 0 aliphatic carbocycles. The number of carbonyl (C=O) groups is 1. The number of carboxylic acid groups (broad SMARTS) is 1. The zero-order valence-electron chi connectivity index (χ0n) is 6.29. The summed E-state index contributed by atoms with van der Waals surface area (Å²) < 4.78 is 0. The molecule has 1 aliphatic rings. The number of carboxylic acids is 1. The lowest BCUT2D eigenvalue weighted by atomic mass is 10.2. The fourth-order valence-electron chi connectivity index (χ4n) is 1.23. The van der Waals surface area contributed by atoms with Crippen LogP contribution in [-0.4, -0.2) is 16.1 Å². The SMILES string of the molecule is O=C(O)c1cc2c([nH]1)CNC=C2. The molecule has 0 radical (unpaired) electrons. The van der Waals surface area contributed by atoms with Gasteiger partial charge in [0.15, 0.2) is 0 Å². The van der Waals surface area contributed by atoms with Crippen molar-refractivity contribution in [1.29, 1.82) is 0 Å². The molecule has 62 valence electrons. The van der Waals surface area contributed by atoms with E-state index in [1.54, 1.807) is 6.07 Å². The van der Waals surface area contributed by atoms with Crippen LogP contribution < -0.4 is 5.32 Å². The molecular formula is C8H8N2O2. The van der Waals surface area contributed by atoms with E-state index >= 15 is 0 Å². The minimum absolute atomic E-state index is 0.244. The molecule has 0 aromatic carbocycles. The van der Waals surface area contributed by atoms with Crippen molar-refractivity contribution in [3.8, 4) is 0 Å². The van der Waals surface area contributed by atoms with Gasteiger partial charge in [0.2, 0.25) is 0 Å². The lowest BCUT2D eigenvalue weighted by Crippen LogP contribution is -2.09. The van der Waals surface area contributed by atoms with Crippen molar-refractivity contribution >= 4 is 12.0 Å². The molecule has 0 fully saturated rings. The molecule has 12 heavy (non-hydrogen) atoms. The molecule has 0 spiro atoms. The van der Waals surface area contributed by atoms with Gasteiger partial charge in [-0.05, 0) is 23.9 Å². The highest BCUT2D eigenvalue weighted by Crippen LogP contribution is 2.15. The van der Waals surface area contributed by atoms with Crippen LogP contribution in [-0.2, 0) is 6.54 Å². The third-order valence-electron chi connectivity index (χ3n) is 1.82. The molecule has 1 aromatic rings. The Balaban J connectivity index is 2.46. The fraction of sp³-hybridized carbons (Fsp3) is 0.125. The summed E-state index contributed by atoms with van der Waals surface area (Å²) in [5.74, 6) is -0.919. The first-order valence-electron chi connectivity index (χ1n) is 3.62. The molecule has 0 atom stereocenters. The van der Waals surface area contributed by atoms with Gasteiger partial charge in [0.05, 0.1) is 6.54 Å². The quantitative estimate of drug-likeness (QED) is 0.574. The monoisotopic (exact) mass is 164 g/mol. The average Bonchev–Trinajstić information content (AvgIpc) is 2.46. The van der Waals surface area contributed by atoms with Gasteiger partial charge in [0.1, 0.15) is 5.69 Å². The maximum atomic E-state index is 10.5. The summed E-state index contributed by atoms with van der Waals surface area (Å²) in [5, 5.41) is 11.6. The molecule has 0 unspecified atom stereocenters. The topological polar surface area (TPSA) is 65.1 Å². The molecule has 3 N–H and O–H groups in total. The Bertz CT molecular complexity index is 352. The summed E-state index contributed by atoms with van der Waals surface area (Å²) in [4.78, 5) is 13.4. The second kappa shape index (κ2) is 2.41. The zero-order chi connectivity index (χ0) is 8.55. The van der Waals surface area contributed by atoms with Gasteiger partial charge in [-0.2, -0.15) is 0 Å². The smallest absolute Gasteiger partial charge is 0.352 e. The van der Waals surface area contributed by atoms with E-state index in [1.165, 1.54) is 0 Å². The van der Waals surface area contributed by atoms with Crippen LogP contribution in [0.4, 0.5) is 0 Å². The van der Waals surface area contributed by atoms with Gasteiger partial charge in [-0.3, -0.25) is 0 Å². The van der Waals surface area contributed by atoms with Crippen LogP contribution in [0.5, 0.6) is 0 Å². The van der Waals surface area contributed by atoms with Crippen molar-refractivity contribution in [3.05, 3.63) is 29.2 Å². The first-order valence-corrected chi connectivity index (χ1v) is 3.62. The van der Waals surface area contributed by atoms with Gasteiger partial charge in [-0.15, -0.1) is 0 Å². The molecule has 0 saturated carbocycles. The summed E-state index contributed by atoms with van der Waals surface area (Å²) in [5.41, 5.74) is 2.12. The number of nitrogens with one attached hydrogen (secondary N) is 2. The van der Waals surface area contributed by atoms with E-state index in [9.17, 15) is 4.79 Å². The number of hydrogen-bond acceptors (Lipinski definition) is 2. The standard InChI is InChI=1S/C8H8N2O2/c11-8(12)6-3-5-1-2-9-4-7(5)10-6/h1-3,9-10H,4H2,(H,11,12). The predicted molar refractivity (Wildman–Crippen MR) is 43.6 cm³/mol. The van der Waals surface area contributed by atoms with Gasteiger partial charge >= 0.3 is 5.97 Å². The Morgan fingerprint density at radius 2 is 2.42 bits per heavy atom. The second-order valence-corrected chi connectivity index (χ2v) is 2.64. The van der Waals surface area contributed by atoms with Crippen LogP contribution in [0.3, 0.4) is 0 Å². The Labute approximate surface area is 68.9 Å². The number of aromatic carboxylic acids is 1. The van der Waals surface area contributed by atoms with E-state index in [-0.39, 0.29) is 5.69 Å². The first-order chi connectivity index (χ1) is 5.77. The number of H-pyrrole nitrogens is 1. The third kappa shape index (κ3) is 0.972. The average molecular weight is 164 g/mol. The van der Waals surface area contributed by atoms with Crippen LogP contribution >= 0.6 is 0 Å². The number of rotatable bonds is 1. The molecule has 0 amide bonds. The molecule has 1 aliphatic heterocycles. The first kappa shape index (κ1) is 6.97. The predicted octanol–water partition coefficient (Wildman–Crippen LogP) is 0.787. The summed E-state index contributed by atoms with van der Waals surface area (Å²) in [7, 11) is 0. The van der Waals surface area contributed by atoms with Gasteiger partial charge in [0, 0.05) is 5.69 Å². The van der Waals surface area contributed by atoms with Crippen molar-refractivity contribution in [2.24, 2.45) is 0 Å². The lowest BCUT2D eigenvalue weighted by molar-refractivity contribution is 0.0691. The number of hydrogen-bond donors (Lipinski definition) is 3. The number of aromatic amines is 1. The van der Waals surface area contributed by atoms with Crippen molar-refractivity contribution in [1.82, 2.24) is 10.3 Å². The summed E-state index contributed by atoms with van der Waals surface area (Å²) in [6.45, 7) is 0.666. The second-order valence-electron chi connectivity index (χ2n) is 2.64. The molecule has 2 heterocycles. The molecular weight excluding hydrogens is 156 g/mol. The Morgan fingerprint density at radius 1 is 1.58 bits per heavy atom. The van der Waals surface area contributed by atoms with Crippen molar-refractivity contribution in [2.75, 3.05) is 0 Å². The maximum Gasteiger partial charge on any atom is 0.352 e. The van der Waals surface area contributed by atoms with Crippen LogP contribution in [0.25, 0.3) is 6.08 Å². The lowest BCUT2D eigenvalue weighted by Gasteiger charge is -2.05. The molecule has 0 bridgehead atoms. The van der Waals surface area contributed by atoms with Gasteiger partial charge in [-0.1, -0.05) is 0 Å². The van der Waals surface area contributed by atoms with Crippen molar-refractivity contribution in [3.63, 3.8) is 0 Å². The van der Waals surface area contributed by atoms with Crippen LogP contribution in [0.15, 0.2) is 12.3 Å². The van der Waals surface area contributed by atoms with E-state index in [2.05, 4.69) is 10.3 Å². The zero-order valence-corrected chi connectivity index (χ0v) is 6.29. The van der Waals surface area contributed by atoms with E-state index < -0.39 is 5.97 Å². The highest BCUT2D eigenvalue weighted by Gasteiger charge is 2.11. The highest BCUT2D eigenvalue weighted by molar-refractivity contribution is 5.87.